The summed E-state index contributed by atoms with van der Waals surface area (Å²) >= 11 is 1.47. The molecule has 8 atom stereocenters. The summed E-state index contributed by atoms with van der Waals surface area (Å²) in [6.45, 7) is 16.7. The van der Waals surface area contributed by atoms with Gasteiger partial charge in [0.25, 0.3) is 5.91 Å². The molecule has 0 saturated heterocycles. The van der Waals surface area contributed by atoms with Crippen molar-refractivity contribution < 1.29 is 14.7 Å². The minimum Gasteiger partial charge on any atom is -0.393 e. The van der Waals surface area contributed by atoms with Crippen molar-refractivity contribution in [3.05, 3.63) is 33.5 Å². The zero-order chi connectivity index (χ0) is 28.2. The number of amides is 1. The highest BCUT2D eigenvalue weighted by molar-refractivity contribution is 7.12. The van der Waals surface area contributed by atoms with Gasteiger partial charge in [-0.25, -0.2) is 0 Å². The van der Waals surface area contributed by atoms with Crippen LogP contribution in [0.15, 0.2) is 28.7 Å². The van der Waals surface area contributed by atoms with E-state index in [4.69, 9.17) is 0 Å². The molecule has 5 heteroatoms. The second-order valence-electron chi connectivity index (χ2n) is 15.6. The minimum absolute atomic E-state index is 0.0279. The van der Waals surface area contributed by atoms with Crippen LogP contribution in [-0.2, 0) is 4.79 Å². The molecule has 1 amide bonds. The first-order valence-electron chi connectivity index (χ1n) is 15.5. The van der Waals surface area contributed by atoms with Crippen molar-refractivity contribution in [2.45, 2.75) is 118 Å². The molecule has 5 aliphatic rings. The smallest absolute Gasteiger partial charge is 0.262 e. The molecule has 0 unspecified atom stereocenters. The molecule has 6 rings (SSSR count). The van der Waals surface area contributed by atoms with E-state index in [0.29, 0.717) is 24.2 Å². The SMILES string of the molecule is CC(C)C1=C2[C@H]3CC[C@@H]4[C@@]5(C)CC[C@H](O)C(C)(C)[C@@H]5CC[C@@]4(C)[C@]3(C)CC[C@@]2(NC(=O)c2cccs2)CC1=O. The van der Waals surface area contributed by atoms with Crippen LogP contribution < -0.4 is 5.32 Å². The fourth-order valence-corrected chi connectivity index (χ4v) is 12.0. The number of aliphatic hydroxyl groups is 1. The van der Waals surface area contributed by atoms with E-state index >= 15 is 0 Å². The van der Waals surface area contributed by atoms with E-state index in [9.17, 15) is 14.7 Å². The molecule has 1 heterocycles. The zero-order valence-electron chi connectivity index (χ0n) is 25.2. The topological polar surface area (TPSA) is 66.4 Å². The third-order valence-electron chi connectivity index (χ3n) is 13.5. The Kier molecular flexibility index (Phi) is 6.23. The van der Waals surface area contributed by atoms with Crippen molar-refractivity contribution in [3.63, 3.8) is 0 Å². The molecule has 1 aromatic rings. The quantitative estimate of drug-likeness (QED) is 0.407. The zero-order valence-corrected chi connectivity index (χ0v) is 26.0. The molecule has 5 aliphatic carbocycles. The first kappa shape index (κ1) is 27.7. The van der Waals surface area contributed by atoms with Gasteiger partial charge in [0.2, 0.25) is 0 Å². The average molecular weight is 552 g/mol. The third kappa shape index (κ3) is 3.57. The van der Waals surface area contributed by atoms with Crippen molar-refractivity contribution in [3.8, 4) is 0 Å². The van der Waals surface area contributed by atoms with E-state index in [-0.39, 0.29) is 45.4 Å². The molecular weight excluding hydrogens is 502 g/mol. The standard InChI is InChI=1S/C34H49NO3S/c1-20(2)27-22(36)19-34(35-29(38)23-9-8-18-39-23)17-16-32(6)21(28(27)34)10-11-25-31(5)14-13-26(37)30(3,4)24(31)12-15-33(25,32)7/h8-9,18,20-21,24-26,37H,10-17,19H2,1-7H3,(H,35,38)/t21-,24+,25-,26+,31+,32-,33-,34-/m1/s1. The molecule has 0 spiro atoms. The van der Waals surface area contributed by atoms with Crippen LogP contribution in [0.3, 0.4) is 0 Å². The summed E-state index contributed by atoms with van der Waals surface area (Å²) in [5.74, 6) is 1.86. The Balaban J connectivity index is 1.42. The van der Waals surface area contributed by atoms with Crippen molar-refractivity contribution in [2.75, 3.05) is 0 Å². The van der Waals surface area contributed by atoms with E-state index in [1.165, 1.54) is 36.2 Å². The lowest BCUT2D eigenvalue weighted by Crippen LogP contribution is -2.67. The lowest BCUT2D eigenvalue weighted by atomic mass is 9.33. The monoisotopic (exact) mass is 551 g/mol. The van der Waals surface area contributed by atoms with Crippen LogP contribution >= 0.6 is 11.3 Å². The molecule has 4 saturated carbocycles. The summed E-state index contributed by atoms with van der Waals surface area (Å²) in [6, 6.07) is 3.82. The average Bonchev–Trinajstić information content (AvgIpc) is 3.49. The second kappa shape index (κ2) is 8.77. The van der Waals surface area contributed by atoms with E-state index in [2.05, 4.69) is 53.8 Å². The van der Waals surface area contributed by atoms with E-state index in [1.807, 2.05) is 17.5 Å². The maximum atomic E-state index is 13.7. The third-order valence-corrected chi connectivity index (χ3v) is 14.4. The number of fused-ring (bicyclic) bond motifs is 7. The number of carbonyl (C=O) groups is 2. The number of carbonyl (C=O) groups excluding carboxylic acids is 2. The normalized spacial score (nSPS) is 44.9. The van der Waals surface area contributed by atoms with Crippen molar-refractivity contribution in [2.24, 2.45) is 45.3 Å². The van der Waals surface area contributed by atoms with Gasteiger partial charge >= 0.3 is 0 Å². The number of hydrogen-bond donors (Lipinski definition) is 2. The number of thiophene rings is 1. The van der Waals surface area contributed by atoms with E-state index in [0.717, 1.165) is 42.6 Å². The number of nitrogens with one attached hydrogen (secondary N) is 1. The van der Waals surface area contributed by atoms with E-state index in [1.54, 1.807) is 0 Å². The molecule has 0 bridgehead atoms. The Morgan fingerprint density at radius 2 is 1.72 bits per heavy atom. The van der Waals surface area contributed by atoms with Crippen molar-refractivity contribution in [1.29, 1.82) is 0 Å². The van der Waals surface area contributed by atoms with Gasteiger partial charge in [0, 0.05) is 6.42 Å². The molecular formula is C34H49NO3S. The second-order valence-corrected chi connectivity index (χ2v) is 16.5. The van der Waals surface area contributed by atoms with Crippen LogP contribution in [-0.4, -0.2) is 28.4 Å². The van der Waals surface area contributed by atoms with Gasteiger partial charge in [0.1, 0.15) is 0 Å². The van der Waals surface area contributed by atoms with Crippen LogP contribution in [0.25, 0.3) is 0 Å². The highest BCUT2D eigenvalue weighted by atomic mass is 32.1. The molecule has 1 aromatic heterocycles. The Labute approximate surface area is 239 Å². The summed E-state index contributed by atoms with van der Waals surface area (Å²) in [5.41, 5.74) is 2.21. The number of ketones is 1. The predicted molar refractivity (Wildman–Crippen MR) is 158 cm³/mol. The van der Waals surface area contributed by atoms with Gasteiger partial charge in [-0.05, 0) is 119 Å². The highest BCUT2D eigenvalue weighted by Crippen LogP contribution is 2.75. The Morgan fingerprint density at radius 1 is 0.974 bits per heavy atom. The van der Waals surface area contributed by atoms with Crippen molar-refractivity contribution >= 4 is 23.0 Å². The fourth-order valence-electron chi connectivity index (χ4n) is 11.4. The van der Waals surface area contributed by atoms with Crippen LogP contribution in [0.2, 0.25) is 0 Å². The predicted octanol–water partition coefficient (Wildman–Crippen LogP) is 7.57. The van der Waals surface area contributed by atoms with Crippen LogP contribution in [0.4, 0.5) is 0 Å². The van der Waals surface area contributed by atoms with Gasteiger partial charge in [-0.3, -0.25) is 9.59 Å². The Morgan fingerprint density at radius 3 is 2.38 bits per heavy atom. The summed E-state index contributed by atoms with van der Waals surface area (Å²) in [4.78, 5) is 27.9. The molecule has 4 nitrogen and oxygen atoms in total. The molecule has 39 heavy (non-hydrogen) atoms. The van der Waals surface area contributed by atoms with Gasteiger partial charge in [-0.15, -0.1) is 11.3 Å². The first-order chi connectivity index (χ1) is 18.2. The summed E-state index contributed by atoms with van der Waals surface area (Å²) in [5, 5.41) is 16.4. The van der Waals surface area contributed by atoms with Gasteiger partial charge < -0.3 is 10.4 Å². The number of rotatable bonds is 3. The Hall–Kier alpha value is -1.46. The molecule has 2 N–H and O–H groups in total. The molecule has 0 aliphatic heterocycles. The van der Waals surface area contributed by atoms with Crippen molar-refractivity contribution in [1.82, 2.24) is 5.32 Å². The first-order valence-corrected chi connectivity index (χ1v) is 16.4. The number of aliphatic hydroxyl groups excluding tert-OH is 1. The number of hydrogen-bond acceptors (Lipinski definition) is 4. The summed E-state index contributed by atoms with van der Waals surface area (Å²) < 4.78 is 0. The number of allylic oxidation sites excluding steroid dienone is 1. The maximum Gasteiger partial charge on any atom is 0.262 e. The minimum atomic E-state index is -0.539. The highest BCUT2D eigenvalue weighted by Gasteiger charge is 2.70. The van der Waals surface area contributed by atoms with Gasteiger partial charge in [0.15, 0.2) is 5.78 Å². The molecule has 4 fully saturated rings. The Bertz CT molecular complexity index is 1210. The van der Waals surface area contributed by atoms with E-state index < -0.39 is 5.54 Å². The molecule has 0 radical (unpaired) electrons. The maximum absolute atomic E-state index is 13.7. The molecule has 0 aromatic carbocycles. The largest absolute Gasteiger partial charge is 0.393 e. The van der Waals surface area contributed by atoms with Crippen LogP contribution in [0, 0.1) is 45.3 Å². The van der Waals surface area contributed by atoms with Crippen LogP contribution in [0.5, 0.6) is 0 Å². The summed E-state index contributed by atoms with van der Waals surface area (Å²) in [7, 11) is 0. The summed E-state index contributed by atoms with van der Waals surface area (Å²) in [6.07, 6.45) is 8.75. The van der Waals surface area contributed by atoms with Gasteiger partial charge in [-0.1, -0.05) is 54.5 Å². The molecule has 214 valence electrons. The number of Topliss-reactive ketones (excluding diaryl/α,β-unsaturated/α-hetero) is 1. The van der Waals surface area contributed by atoms with Gasteiger partial charge in [0.05, 0.1) is 16.5 Å². The van der Waals surface area contributed by atoms with Crippen LogP contribution in [0.1, 0.15) is 116 Å². The lowest BCUT2D eigenvalue weighted by Gasteiger charge is -2.72. The lowest BCUT2D eigenvalue weighted by molar-refractivity contribution is -0.226. The van der Waals surface area contributed by atoms with Gasteiger partial charge in [-0.2, -0.15) is 0 Å². The fraction of sp³-hybridized carbons (Fsp3) is 0.765.